The Bertz CT molecular complexity index is 177. The van der Waals surface area contributed by atoms with Crippen LogP contribution < -0.4 is 0 Å². The van der Waals surface area contributed by atoms with E-state index >= 15 is 0 Å². The molecule has 0 aliphatic carbocycles. The lowest BCUT2D eigenvalue weighted by molar-refractivity contribution is 0.0857. The molecule has 0 spiro atoms. The molecule has 0 saturated heterocycles. The number of aliphatic hydroxyl groups is 2. The molecule has 0 unspecified atom stereocenters. The lowest BCUT2D eigenvalue weighted by Gasteiger charge is -2.16. The van der Waals surface area contributed by atoms with Crippen LogP contribution in [0.4, 0.5) is 0 Å². The first-order valence-electron chi connectivity index (χ1n) is 3.59. The van der Waals surface area contributed by atoms with E-state index in [9.17, 15) is 4.57 Å². The van der Waals surface area contributed by atoms with Crippen LogP contribution in [0, 0.1) is 5.41 Å². The maximum absolute atomic E-state index is 9.58. The molecule has 0 rings (SSSR count). The molecule has 13 heavy (non-hydrogen) atoms. The first kappa shape index (κ1) is 15.3. The molecule has 0 aromatic rings. The monoisotopic (exact) mass is 212 g/mol. The van der Waals surface area contributed by atoms with E-state index < -0.39 is 7.60 Å². The Hall–Kier alpha value is -0.190. The molecule has 0 aliphatic rings. The van der Waals surface area contributed by atoms with E-state index in [4.69, 9.17) is 20.0 Å². The summed E-state index contributed by atoms with van der Waals surface area (Å²) in [5, 5.41) is 16.9. The van der Waals surface area contributed by atoms with Gasteiger partial charge in [0.25, 0.3) is 0 Å². The fraction of sp³-hybridized carbons (Fsp3) is 0.714. The average Bonchev–Trinajstić information content (AvgIpc) is 2.04. The zero-order valence-electron chi connectivity index (χ0n) is 7.84. The third-order valence-electron chi connectivity index (χ3n) is 1.09. The topological polar surface area (TPSA) is 98.0 Å². The van der Waals surface area contributed by atoms with Crippen LogP contribution in [-0.4, -0.2) is 33.2 Å². The third-order valence-corrected chi connectivity index (χ3v) is 1.57. The number of hydrogen-bond acceptors (Lipinski definition) is 3. The van der Waals surface area contributed by atoms with Crippen molar-refractivity contribution in [2.75, 3.05) is 13.2 Å². The molecule has 0 radical (unpaired) electrons. The predicted molar refractivity (Wildman–Crippen MR) is 50.2 cm³/mol. The van der Waals surface area contributed by atoms with Gasteiger partial charge in [0.1, 0.15) is 0 Å². The largest absolute Gasteiger partial charge is 0.396 e. The minimum absolute atomic E-state index is 0.0451. The number of rotatable bonds is 3. The van der Waals surface area contributed by atoms with Crippen molar-refractivity contribution < 1.29 is 24.6 Å². The van der Waals surface area contributed by atoms with Gasteiger partial charge >= 0.3 is 7.60 Å². The second-order valence-corrected chi connectivity index (χ2v) is 4.80. The summed E-state index contributed by atoms with van der Waals surface area (Å²) in [6.07, 6.45) is 0. The zero-order chi connectivity index (χ0) is 11.1. The number of aliphatic hydroxyl groups excluding tert-OH is 2. The smallest absolute Gasteiger partial charge is 0.348 e. The quantitative estimate of drug-likeness (QED) is 0.504. The highest BCUT2D eigenvalue weighted by Crippen LogP contribution is 2.34. The van der Waals surface area contributed by atoms with Crippen molar-refractivity contribution in [1.82, 2.24) is 0 Å². The van der Waals surface area contributed by atoms with Crippen LogP contribution in [0.25, 0.3) is 0 Å². The van der Waals surface area contributed by atoms with Crippen molar-refractivity contribution in [3.8, 4) is 0 Å². The summed E-state index contributed by atoms with van der Waals surface area (Å²) in [6.45, 7) is 6.56. The van der Waals surface area contributed by atoms with Gasteiger partial charge in [-0.1, -0.05) is 20.4 Å². The first-order valence-corrected chi connectivity index (χ1v) is 5.27. The van der Waals surface area contributed by atoms with Gasteiger partial charge in [-0.25, -0.2) is 0 Å². The molecule has 0 aromatic heterocycles. The van der Waals surface area contributed by atoms with Gasteiger partial charge in [-0.05, 0) is 0 Å². The van der Waals surface area contributed by atoms with E-state index in [0.717, 1.165) is 0 Å². The molecule has 0 fully saturated rings. The molecule has 6 heteroatoms. The first-order chi connectivity index (χ1) is 5.68. The van der Waals surface area contributed by atoms with Crippen LogP contribution >= 0.6 is 7.60 Å². The molecule has 0 aliphatic heterocycles. The Morgan fingerprint density at radius 2 is 1.54 bits per heavy atom. The Kier molecular flexibility index (Phi) is 7.40. The Morgan fingerprint density at radius 3 is 1.54 bits per heavy atom. The molecule has 0 heterocycles. The molecule has 4 N–H and O–H groups in total. The standard InChI is InChI=1S/C5H12O2.C2H5O3P/c1-5(2,3-6)4-7;1-2-6(3,4)5/h6-7H,3-4H2,1-2H3;2H,1H2,(H2,3,4,5). The van der Waals surface area contributed by atoms with Crippen LogP contribution in [0.2, 0.25) is 0 Å². The van der Waals surface area contributed by atoms with Crippen molar-refractivity contribution in [2.45, 2.75) is 13.8 Å². The SMILES string of the molecule is C=CP(=O)(O)O.CC(C)(CO)CO. The Morgan fingerprint density at radius 1 is 1.31 bits per heavy atom. The molecule has 80 valence electrons. The van der Waals surface area contributed by atoms with E-state index in [1.165, 1.54) is 0 Å². The van der Waals surface area contributed by atoms with E-state index in [-0.39, 0.29) is 18.6 Å². The van der Waals surface area contributed by atoms with Crippen molar-refractivity contribution in [2.24, 2.45) is 5.41 Å². The molecular weight excluding hydrogens is 195 g/mol. The molecule has 0 amide bonds. The summed E-state index contributed by atoms with van der Waals surface area (Å²) in [4.78, 5) is 15.6. The second kappa shape index (κ2) is 6.29. The average molecular weight is 212 g/mol. The predicted octanol–water partition coefficient (Wildman–Crippen LogP) is 0.305. The summed E-state index contributed by atoms with van der Waals surface area (Å²) in [7, 11) is -3.88. The van der Waals surface area contributed by atoms with Crippen molar-refractivity contribution in [3.05, 3.63) is 12.4 Å². The van der Waals surface area contributed by atoms with Gasteiger partial charge in [-0.3, -0.25) is 4.57 Å². The van der Waals surface area contributed by atoms with Crippen LogP contribution in [0.5, 0.6) is 0 Å². The van der Waals surface area contributed by atoms with Crippen molar-refractivity contribution in [3.63, 3.8) is 0 Å². The van der Waals surface area contributed by atoms with Crippen LogP contribution in [0.1, 0.15) is 13.8 Å². The fourth-order valence-corrected chi connectivity index (χ4v) is 0.0500. The fourth-order valence-electron chi connectivity index (χ4n) is 0.0500. The third kappa shape index (κ3) is 14.6. The minimum Gasteiger partial charge on any atom is -0.396 e. The van der Waals surface area contributed by atoms with Crippen LogP contribution in [-0.2, 0) is 4.57 Å². The van der Waals surface area contributed by atoms with Gasteiger partial charge < -0.3 is 20.0 Å². The van der Waals surface area contributed by atoms with Crippen molar-refractivity contribution >= 4 is 7.60 Å². The van der Waals surface area contributed by atoms with E-state index in [0.29, 0.717) is 5.82 Å². The minimum atomic E-state index is -3.88. The molecule has 0 atom stereocenters. The molecule has 0 saturated carbocycles. The van der Waals surface area contributed by atoms with Gasteiger partial charge in [-0.2, -0.15) is 0 Å². The summed E-state index contributed by atoms with van der Waals surface area (Å²) in [5.41, 5.74) is -0.306. The summed E-state index contributed by atoms with van der Waals surface area (Å²) in [6, 6.07) is 0. The van der Waals surface area contributed by atoms with Crippen molar-refractivity contribution in [1.29, 1.82) is 0 Å². The molecule has 0 aromatic carbocycles. The molecule has 0 bridgehead atoms. The lowest BCUT2D eigenvalue weighted by Crippen LogP contribution is -2.20. The Balaban J connectivity index is 0. The molecular formula is C7H17O5P. The Labute approximate surface area is 77.9 Å². The lowest BCUT2D eigenvalue weighted by atomic mass is 9.97. The number of hydrogen-bond donors (Lipinski definition) is 4. The second-order valence-electron chi connectivity index (χ2n) is 3.25. The van der Waals surface area contributed by atoms with Gasteiger partial charge in [0.2, 0.25) is 0 Å². The summed E-state index contributed by atoms with van der Waals surface area (Å²) >= 11 is 0. The van der Waals surface area contributed by atoms with Crippen LogP contribution in [0.3, 0.4) is 0 Å². The highest BCUT2D eigenvalue weighted by atomic mass is 31.2. The summed E-state index contributed by atoms with van der Waals surface area (Å²) in [5.74, 6) is 0.604. The maximum Gasteiger partial charge on any atom is 0.348 e. The van der Waals surface area contributed by atoms with Gasteiger partial charge in [0, 0.05) is 11.2 Å². The van der Waals surface area contributed by atoms with Gasteiger partial charge in [-0.15, -0.1) is 0 Å². The van der Waals surface area contributed by atoms with Gasteiger partial charge in [0.15, 0.2) is 0 Å². The van der Waals surface area contributed by atoms with Crippen LogP contribution in [0.15, 0.2) is 12.4 Å². The highest BCUT2D eigenvalue weighted by molar-refractivity contribution is 7.55. The summed E-state index contributed by atoms with van der Waals surface area (Å²) < 4.78 is 9.58. The normalized spacial score (nSPS) is 11.5. The maximum atomic E-state index is 9.58. The van der Waals surface area contributed by atoms with E-state index in [1.807, 2.05) is 0 Å². The zero-order valence-corrected chi connectivity index (χ0v) is 8.74. The van der Waals surface area contributed by atoms with E-state index in [2.05, 4.69) is 6.58 Å². The highest BCUT2D eigenvalue weighted by Gasteiger charge is 2.13. The van der Waals surface area contributed by atoms with Gasteiger partial charge in [0.05, 0.1) is 13.2 Å². The van der Waals surface area contributed by atoms with E-state index in [1.54, 1.807) is 13.8 Å². The molecule has 5 nitrogen and oxygen atoms in total.